The summed E-state index contributed by atoms with van der Waals surface area (Å²) in [6, 6.07) is 5.34. The molecule has 1 amide bonds. The van der Waals surface area contributed by atoms with Crippen molar-refractivity contribution < 1.29 is 9.53 Å². The SMILES string of the molecule is COc1ccc(NC(=O)c2nccnc2N)cc1C. The standard InChI is InChI=1S/C13H14N4O2/c1-8-7-9(3-4-10(8)19-2)17-13(18)11-12(14)16-6-5-15-11/h3-7H,1-2H3,(H2,14,16)(H,17,18). The molecule has 2 aromatic rings. The molecule has 1 aromatic heterocycles. The molecule has 1 aromatic carbocycles. The highest BCUT2D eigenvalue weighted by Gasteiger charge is 2.12. The molecule has 0 radical (unpaired) electrons. The summed E-state index contributed by atoms with van der Waals surface area (Å²) in [6.45, 7) is 1.89. The summed E-state index contributed by atoms with van der Waals surface area (Å²) in [5.74, 6) is 0.470. The second kappa shape index (κ2) is 5.34. The minimum absolute atomic E-state index is 0.102. The van der Waals surface area contributed by atoms with Crippen LogP contribution in [-0.2, 0) is 0 Å². The van der Waals surface area contributed by atoms with Crippen LogP contribution >= 0.6 is 0 Å². The van der Waals surface area contributed by atoms with Gasteiger partial charge in [-0.25, -0.2) is 9.97 Å². The Labute approximate surface area is 110 Å². The maximum atomic E-state index is 12.0. The Hall–Kier alpha value is -2.63. The number of carbonyl (C=O) groups excluding carboxylic acids is 1. The maximum Gasteiger partial charge on any atom is 0.278 e. The average molecular weight is 258 g/mol. The molecule has 1 heterocycles. The van der Waals surface area contributed by atoms with Gasteiger partial charge in [-0.3, -0.25) is 4.79 Å². The van der Waals surface area contributed by atoms with Gasteiger partial charge in [0.2, 0.25) is 0 Å². The zero-order valence-corrected chi connectivity index (χ0v) is 10.7. The maximum absolute atomic E-state index is 12.0. The number of nitrogens with zero attached hydrogens (tertiary/aromatic N) is 2. The van der Waals surface area contributed by atoms with E-state index in [0.717, 1.165) is 11.3 Å². The van der Waals surface area contributed by atoms with Crippen molar-refractivity contribution in [2.24, 2.45) is 0 Å². The first-order chi connectivity index (χ1) is 9.11. The number of amides is 1. The molecule has 0 spiro atoms. The predicted octanol–water partition coefficient (Wildman–Crippen LogP) is 1.63. The van der Waals surface area contributed by atoms with Crippen LogP contribution < -0.4 is 15.8 Å². The summed E-state index contributed by atoms with van der Waals surface area (Å²) in [5, 5.41) is 2.71. The molecule has 6 nitrogen and oxygen atoms in total. The molecule has 0 aliphatic heterocycles. The van der Waals surface area contributed by atoms with Crippen molar-refractivity contribution in [3.05, 3.63) is 41.9 Å². The highest BCUT2D eigenvalue weighted by molar-refractivity contribution is 6.05. The van der Waals surface area contributed by atoms with E-state index in [4.69, 9.17) is 10.5 Å². The lowest BCUT2D eigenvalue weighted by atomic mass is 10.2. The van der Waals surface area contributed by atoms with Crippen LogP contribution in [0.2, 0.25) is 0 Å². The molecule has 19 heavy (non-hydrogen) atoms. The first-order valence-corrected chi connectivity index (χ1v) is 5.64. The summed E-state index contributed by atoms with van der Waals surface area (Å²) in [5.41, 5.74) is 7.27. The first kappa shape index (κ1) is 12.8. The minimum atomic E-state index is -0.393. The van der Waals surface area contributed by atoms with Gasteiger partial charge >= 0.3 is 0 Å². The molecule has 6 heteroatoms. The highest BCUT2D eigenvalue weighted by Crippen LogP contribution is 2.21. The summed E-state index contributed by atoms with van der Waals surface area (Å²) < 4.78 is 5.15. The summed E-state index contributed by atoms with van der Waals surface area (Å²) in [4.78, 5) is 19.7. The number of hydrogen-bond acceptors (Lipinski definition) is 5. The topological polar surface area (TPSA) is 90.1 Å². The van der Waals surface area contributed by atoms with Crippen LogP contribution in [0.25, 0.3) is 0 Å². The van der Waals surface area contributed by atoms with Crippen LogP contribution in [0.4, 0.5) is 11.5 Å². The van der Waals surface area contributed by atoms with Gasteiger partial charge in [-0.05, 0) is 30.7 Å². The number of methoxy groups -OCH3 is 1. The van der Waals surface area contributed by atoms with Gasteiger partial charge in [0.15, 0.2) is 11.5 Å². The van der Waals surface area contributed by atoms with Crippen molar-refractivity contribution >= 4 is 17.4 Å². The average Bonchev–Trinajstić information content (AvgIpc) is 2.39. The van der Waals surface area contributed by atoms with Crippen LogP contribution in [0.1, 0.15) is 16.1 Å². The van der Waals surface area contributed by atoms with E-state index in [0.29, 0.717) is 5.69 Å². The minimum Gasteiger partial charge on any atom is -0.496 e. The van der Waals surface area contributed by atoms with Crippen molar-refractivity contribution in [2.45, 2.75) is 6.92 Å². The van der Waals surface area contributed by atoms with E-state index in [-0.39, 0.29) is 11.5 Å². The summed E-state index contributed by atoms with van der Waals surface area (Å²) >= 11 is 0. The lowest BCUT2D eigenvalue weighted by molar-refractivity contribution is 0.102. The van der Waals surface area contributed by atoms with E-state index in [2.05, 4.69) is 15.3 Å². The zero-order valence-electron chi connectivity index (χ0n) is 10.7. The van der Waals surface area contributed by atoms with Crippen molar-refractivity contribution in [3.63, 3.8) is 0 Å². The van der Waals surface area contributed by atoms with Gasteiger partial charge in [0.25, 0.3) is 5.91 Å². The Kier molecular flexibility index (Phi) is 3.61. The molecule has 3 N–H and O–H groups in total. The van der Waals surface area contributed by atoms with Crippen molar-refractivity contribution in [3.8, 4) is 5.75 Å². The lowest BCUT2D eigenvalue weighted by Crippen LogP contribution is -2.16. The van der Waals surface area contributed by atoms with Gasteiger partial charge in [0, 0.05) is 18.1 Å². The molecule has 2 rings (SSSR count). The van der Waals surface area contributed by atoms with Crippen molar-refractivity contribution in [2.75, 3.05) is 18.2 Å². The number of nitrogens with two attached hydrogens (primary N) is 1. The number of nitrogen functional groups attached to an aromatic ring is 1. The zero-order chi connectivity index (χ0) is 13.8. The molecule has 0 atom stereocenters. The third-order valence-electron chi connectivity index (χ3n) is 2.59. The number of rotatable bonds is 3. The van der Waals surface area contributed by atoms with E-state index < -0.39 is 5.91 Å². The number of aryl methyl sites for hydroxylation is 1. The van der Waals surface area contributed by atoms with Crippen LogP contribution in [-0.4, -0.2) is 23.0 Å². The Morgan fingerprint density at radius 1 is 1.32 bits per heavy atom. The Morgan fingerprint density at radius 2 is 2.05 bits per heavy atom. The first-order valence-electron chi connectivity index (χ1n) is 5.64. The van der Waals surface area contributed by atoms with Crippen LogP contribution in [0.3, 0.4) is 0 Å². The molecular weight excluding hydrogens is 244 g/mol. The third kappa shape index (κ3) is 2.79. The van der Waals surface area contributed by atoms with E-state index in [1.165, 1.54) is 12.4 Å². The second-order valence-corrected chi connectivity index (χ2v) is 3.93. The smallest absolute Gasteiger partial charge is 0.278 e. The van der Waals surface area contributed by atoms with Crippen LogP contribution in [0.5, 0.6) is 5.75 Å². The van der Waals surface area contributed by atoms with Gasteiger partial charge in [0.05, 0.1) is 7.11 Å². The molecule has 0 saturated heterocycles. The number of hydrogen-bond donors (Lipinski definition) is 2. The van der Waals surface area contributed by atoms with Gasteiger partial charge < -0.3 is 15.8 Å². The van der Waals surface area contributed by atoms with Gasteiger partial charge in [-0.1, -0.05) is 0 Å². The Bertz CT molecular complexity index is 613. The van der Waals surface area contributed by atoms with Gasteiger partial charge in [0.1, 0.15) is 5.75 Å². The predicted molar refractivity (Wildman–Crippen MR) is 72.1 cm³/mol. The Balaban J connectivity index is 2.20. The van der Waals surface area contributed by atoms with E-state index in [1.807, 2.05) is 13.0 Å². The Morgan fingerprint density at radius 3 is 2.68 bits per heavy atom. The number of benzene rings is 1. The van der Waals surface area contributed by atoms with E-state index >= 15 is 0 Å². The number of carbonyl (C=O) groups is 1. The fraction of sp³-hybridized carbons (Fsp3) is 0.154. The third-order valence-corrected chi connectivity index (χ3v) is 2.59. The van der Waals surface area contributed by atoms with Gasteiger partial charge in [-0.15, -0.1) is 0 Å². The fourth-order valence-electron chi connectivity index (χ4n) is 1.67. The number of ether oxygens (including phenoxy) is 1. The normalized spacial score (nSPS) is 10.0. The molecule has 98 valence electrons. The number of nitrogens with one attached hydrogen (secondary N) is 1. The van der Waals surface area contributed by atoms with E-state index in [9.17, 15) is 4.79 Å². The molecule has 0 unspecified atom stereocenters. The largest absolute Gasteiger partial charge is 0.496 e. The lowest BCUT2D eigenvalue weighted by Gasteiger charge is -2.09. The van der Waals surface area contributed by atoms with Crippen molar-refractivity contribution in [1.82, 2.24) is 9.97 Å². The quantitative estimate of drug-likeness (QED) is 0.873. The number of anilines is 2. The highest BCUT2D eigenvalue weighted by atomic mass is 16.5. The summed E-state index contributed by atoms with van der Waals surface area (Å²) in [6.07, 6.45) is 2.86. The summed E-state index contributed by atoms with van der Waals surface area (Å²) in [7, 11) is 1.60. The molecule has 0 aliphatic rings. The monoisotopic (exact) mass is 258 g/mol. The molecule has 0 saturated carbocycles. The van der Waals surface area contributed by atoms with E-state index in [1.54, 1.807) is 19.2 Å². The number of aromatic nitrogens is 2. The van der Waals surface area contributed by atoms with Crippen LogP contribution in [0, 0.1) is 6.92 Å². The molecule has 0 fully saturated rings. The van der Waals surface area contributed by atoms with Gasteiger partial charge in [-0.2, -0.15) is 0 Å². The fourth-order valence-corrected chi connectivity index (χ4v) is 1.67. The van der Waals surface area contributed by atoms with Crippen molar-refractivity contribution in [1.29, 1.82) is 0 Å². The second-order valence-electron chi connectivity index (χ2n) is 3.93. The molecule has 0 aliphatic carbocycles. The molecular formula is C13H14N4O2. The van der Waals surface area contributed by atoms with Crippen LogP contribution in [0.15, 0.2) is 30.6 Å². The molecule has 0 bridgehead atoms.